The molecule has 0 saturated heterocycles. The normalized spacial score (nSPS) is 14.2. The van der Waals surface area contributed by atoms with Crippen LogP contribution in [0, 0.1) is 0 Å². The van der Waals surface area contributed by atoms with Crippen LogP contribution in [0.1, 0.15) is 51.1 Å². The molecule has 0 bridgehead atoms. The third-order valence-electron chi connectivity index (χ3n) is 4.63. The molecule has 2 heterocycles. The van der Waals surface area contributed by atoms with Crippen molar-refractivity contribution in [1.29, 1.82) is 0 Å². The van der Waals surface area contributed by atoms with E-state index in [2.05, 4.69) is 22.4 Å². The third-order valence-corrected chi connectivity index (χ3v) is 7.38. The lowest BCUT2D eigenvalue weighted by atomic mass is 10.0. The number of ketones is 1. The largest absolute Gasteiger partial charge is 0.296 e. The van der Waals surface area contributed by atoms with Crippen molar-refractivity contribution >= 4 is 38.0 Å². The molecule has 148 valence electrons. The van der Waals surface area contributed by atoms with Crippen LogP contribution in [0.4, 0.5) is 5.13 Å². The Morgan fingerprint density at radius 2 is 1.83 bits per heavy atom. The topological polar surface area (TPSA) is 106 Å². The zero-order valence-electron chi connectivity index (χ0n) is 15.5. The van der Waals surface area contributed by atoms with Gasteiger partial charge in [0.15, 0.2) is 5.78 Å². The number of aryl methyl sites for hydroxylation is 1. The van der Waals surface area contributed by atoms with Gasteiger partial charge in [-0.3, -0.25) is 14.9 Å². The molecule has 1 aliphatic rings. The Hall–Kier alpha value is -2.91. The van der Waals surface area contributed by atoms with Crippen molar-refractivity contribution in [2.45, 2.75) is 36.0 Å². The molecule has 0 spiro atoms. The van der Waals surface area contributed by atoms with Crippen molar-refractivity contribution in [3.63, 3.8) is 0 Å². The van der Waals surface area contributed by atoms with Crippen LogP contribution in [-0.2, 0) is 16.3 Å². The van der Waals surface area contributed by atoms with Gasteiger partial charge in [0.2, 0.25) is 15.0 Å². The number of aromatic nitrogens is 2. The Labute approximate surface area is 171 Å². The summed E-state index contributed by atoms with van der Waals surface area (Å²) in [6.07, 6.45) is 2.82. The molecule has 29 heavy (non-hydrogen) atoms. The number of hydrogen-bond acceptors (Lipinski definition) is 7. The van der Waals surface area contributed by atoms with Crippen molar-refractivity contribution in [3.8, 4) is 0 Å². The quantitative estimate of drug-likeness (QED) is 0.522. The van der Waals surface area contributed by atoms with E-state index in [1.165, 1.54) is 41.7 Å². The van der Waals surface area contributed by atoms with Gasteiger partial charge < -0.3 is 0 Å². The van der Waals surface area contributed by atoms with E-state index in [1.807, 2.05) is 0 Å². The molecular formula is C20H17N3O4S2. The molecule has 2 aromatic carbocycles. The molecule has 7 nitrogen and oxygen atoms in total. The zero-order chi connectivity index (χ0) is 20.6. The standard InChI is InChI=1S/C20H17N3O4S2/c1-2-3-8-17-22-23-20(28-17)21-19(25)12-9-10-14-16(11-12)29(26,27)15-7-5-4-6-13(15)18(14)24/h4-7,9-11H,2-3,8H2,1H3,(H,21,23,25). The predicted octanol–water partition coefficient (Wildman–Crippen LogP) is 3.51. The molecule has 1 aliphatic heterocycles. The minimum Gasteiger partial charge on any atom is -0.296 e. The number of nitrogens with one attached hydrogen (secondary N) is 1. The van der Waals surface area contributed by atoms with E-state index in [-0.39, 0.29) is 32.3 Å². The van der Waals surface area contributed by atoms with Gasteiger partial charge in [-0.15, -0.1) is 10.2 Å². The van der Waals surface area contributed by atoms with Crippen molar-refractivity contribution in [1.82, 2.24) is 10.2 Å². The molecule has 1 aromatic heterocycles. The minimum absolute atomic E-state index is 0.0419. The SMILES string of the molecule is CCCCc1nnc(NC(=O)c2ccc3c(c2)S(=O)(=O)c2ccccc2C3=O)s1. The fourth-order valence-electron chi connectivity index (χ4n) is 3.13. The number of carbonyl (C=O) groups is 2. The Morgan fingerprint density at radius 1 is 1.07 bits per heavy atom. The lowest BCUT2D eigenvalue weighted by molar-refractivity contribution is 0.101. The van der Waals surface area contributed by atoms with Crippen molar-refractivity contribution < 1.29 is 18.0 Å². The van der Waals surface area contributed by atoms with Crippen molar-refractivity contribution in [3.05, 3.63) is 64.2 Å². The smallest absolute Gasteiger partial charge is 0.257 e. The second kappa shape index (κ2) is 7.49. The van der Waals surface area contributed by atoms with Gasteiger partial charge in [-0.1, -0.05) is 36.8 Å². The minimum atomic E-state index is -3.90. The van der Waals surface area contributed by atoms with E-state index in [0.29, 0.717) is 5.13 Å². The van der Waals surface area contributed by atoms with Gasteiger partial charge in [-0.05, 0) is 36.8 Å². The number of sulfone groups is 1. The summed E-state index contributed by atoms with van der Waals surface area (Å²) in [5, 5.41) is 11.8. The summed E-state index contributed by atoms with van der Waals surface area (Å²) >= 11 is 1.29. The first-order valence-electron chi connectivity index (χ1n) is 9.08. The third kappa shape index (κ3) is 3.47. The highest BCUT2D eigenvalue weighted by molar-refractivity contribution is 7.91. The number of nitrogens with zero attached hydrogens (tertiary/aromatic N) is 2. The second-order valence-electron chi connectivity index (χ2n) is 6.60. The highest BCUT2D eigenvalue weighted by Gasteiger charge is 2.35. The summed E-state index contributed by atoms with van der Waals surface area (Å²) < 4.78 is 25.9. The summed E-state index contributed by atoms with van der Waals surface area (Å²) in [5.74, 6) is -0.880. The number of amides is 1. The van der Waals surface area contributed by atoms with E-state index >= 15 is 0 Å². The van der Waals surface area contributed by atoms with E-state index in [0.717, 1.165) is 24.3 Å². The molecule has 9 heteroatoms. The molecule has 1 amide bonds. The Balaban J connectivity index is 1.64. The van der Waals surface area contributed by atoms with Crippen LogP contribution in [0.15, 0.2) is 52.3 Å². The first-order valence-corrected chi connectivity index (χ1v) is 11.4. The van der Waals surface area contributed by atoms with Gasteiger partial charge in [-0.25, -0.2) is 8.42 Å². The average Bonchev–Trinajstić information content (AvgIpc) is 3.17. The lowest BCUT2D eigenvalue weighted by Crippen LogP contribution is -2.21. The molecule has 0 saturated carbocycles. The monoisotopic (exact) mass is 427 g/mol. The van der Waals surface area contributed by atoms with Crippen LogP contribution >= 0.6 is 11.3 Å². The summed E-state index contributed by atoms with van der Waals surface area (Å²) in [6, 6.07) is 10.1. The van der Waals surface area contributed by atoms with E-state index in [1.54, 1.807) is 12.1 Å². The van der Waals surface area contributed by atoms with Crippen molar-refractivity contribution in [2.24, 2.45) is 0 Å². The summed E-state index contributed by atoms with van der Waals surface area (Å²) in [5.41, 5.74) is 0.341. The van der Waals surface area contributed by atoms with Gasteiger partial charge in [0.1, 0.15) is 5.01 Å². The molecule has 0 unspecified atom stereocenters. The van der Waals surface area contributed by atoms with Crippen molar-refractivity contribution in [2.75, 3.05) is 5.32 Å². The molecular weight excluding hydrogens is 410 g/mol. The van der Waals surface area contributed by atoms with Gasteiger partial charge >= 0.3 is 0 Å². The maximum absolute atomic E-state index is 13.0. The number of carbonyl (C=O) groups excluding carboxylic acids is 2. The maximum Gasteiger partial charge on any atom is 0.257 e. The molecule has 1 N–H and O–H groups in total. The number of rotatable bonds is 5. The fourth-order valence-corrected chi connectivity index (χ4v) is 5.58. The predicted molar refractivity (Wildman–Crippen MR) is 108 cm³/mol. The number of benzene rings is 2. The average molecular weight is 428 g/mol. The second-order valence-corrected chi connectivity index (χ2v) is 9.55. The molecule has 0 radical (unpaired) electrons. The van der Waals surface area contributed by atoms with Crippen LogP contribution in [0.3, 0.4) is 0 Å². The summed E-state index contributed by atoms with van der Waals surface area (Å²) in [6.45, 7) is 2.08. The van der Waals surface area contributed by atoms with Gasteiger partial charge in [0, 0.05) is 23.1 Å². The van der Waals surface area contributed by atoms with Crippen LogP contribution < -0.4 is 5.32 Å². The van der Waals surface area contributed by atoms with Crippen LogP contribution in [-0.4, -0.2) is 30.3 Å². The summed E-state index contributed by atoms with van der Waals surface area (Å²) in [4.78, 5) is 25.1. The fraction of sp³-hybridized carbons (Fsp3) is 0.200. The van der Waals surface area contributed by atoms with Crippen LogP contribution in [0.5, 0.6) is 0 Å². The number of hydrogen-bond donors (Lipinski definition) is 1. The van der Waals surface area contributed by atoms with Crippen LogP contribution in [0.2, 0.25) is 0 Å². The van der Waals surface area contributed by atoms with E-state index in [9.17, 15) is 18.0 Å². The molecule has 0 fully saturated rings. The molecule has 3 aromatic rings. The first-order chi connectivity index (χ1) is 13.9. The van der Waals surface area contributed by atoms with Gasteiger partial charge in [0.05, 0.1) is 9.79 Å². The highest BCUT2D eigenvalue weighted by atomic mass is 32.2. The molecule has 4 rings (SSSR count). The summed E-state index contributed by atoms with van der Waals surface area (Å²) in [7, 11) is -3.90. The van der Waals surface area contributed by atoms with Gasteiger partial charge in [-0.2, -0.15) is 0 Å². The lowest BCUT2D eigenvalue weighted by Gasteiger charge is -2.19. The Kier molecular flexibility index (Phi) is 5.01. The van der Waals surface area contributed by atoms with Crippen LogP contribution in [0.25, 0.3) is 0 Å². The first kappa shape index (κ1) is 19.4. The highest BCUT2D eigenvalue weighted by Crippen LogP contribution is 2.34. The van der Waals surface area contributed by atoms with E-state index in [4.69, 9.17) is 0 Å². The number of fused-ring (bicyclic) bond motifs is 2. The van der Waals surface area contributed by atoms with Gasteiger partial charge in [0.25, 0.3) is 5.91 Å². The Morgan fingerprint density at radius 3 is 2.62 bits per heavy atom. The number of unbranched alkanes of at least 4 members (excludes halogenated alkanes) is 1. The maximum atomic E-state index is 13.0. The molecule has 0 aliphatic carbocycles. The van der Waals surface area contributed by atoms with E-state index < -0.39 is 15.7 Å². The number of anilines is 1. The Bertz CT molecular complexity index is 1230. The molecule has 0 atom stereocenters. The zero-order valence-corrected chi connectivity index (χ0v) is 17.1.